The lowest BCUT2D eigenvalue weighted by atomic mass is 9.81. The van der Waals surface area contributed by atoms with Gasteiger partial charge in [0.1, 0.15) is 0 Å². The molecule has 4 unspecified atom stereocenters. The van der Waals surface area contributed by atoms with Crippen molar-refractivity contribution >= 4 is 0 Å². The van der Waals surface area contributed by atoms with E-state index in [1.165, 1.54) is 51.5 Å². The Bertz CT molecular complexity index is 217. The molecule has 2 nitrogen and oxygen atoms in total. The molecule has 0 bridgehead atoms. The van der Waals surface area contributed by atoms with Crippen molar-refractivity contribution in [1.82, 2.24) is 4.90 Å². The third-order valence-corrected chi connectivity index (χ3v) is 4.70. The van der Waals surface area contributed by atoms with Crippen LogP contribution in [-0.4, -0.2) is 29.6 Å². The van der Waals surface area contributed by atoms with Crippen LogP contribution >= 0.6 is 0 Å². The first-order valence-electron chi connectivity index (χ1n) is 7.23. The van der Waals surface area contributed by atoms with Gasteiger partial charge in [0, 0.05) is 18.1 Å². The number of hydrogen-bond donors (Lipinski definition) is 1. The Morgan fingerprint density at radius 2 is 2.00 bits per heavy atom. The molecule has 0 aromatic carbocycles. The molecule has 1 saturated carbocycles. The molecule has 2 heteroatoms. The van der Waals surface area contributed by atoms with E-state index in [0.29, 0.717) is 12.1 Å². The number of nitrogens with zero attached hydrogens (tertiary/aromatic N) is 1. The van der Waals surface area contributed by atoms with Crippen molar-refractivity contribution in [3.8, 4) is 0 Å². The molecule has 2 rings (SSSR count). The second-order valence-electron chi connectivity index (χ2n) is 5.95. The molecule has 1 aliphatic heterocycles. The van der Waals surface area contributed by atoms with Crippen molar-refractivity contribution < 1.29 is 0 Å². The smallest absolute Gasteiger partial charge is 0.0252 e. The lowest BCUT2D eigenvalue weighted by Crippen LogP contribution is -2.55. The minimum atomic E-state index is 0.434. The maximum atomic E-state index is 6.35. The van der Waals surface area contributed by atoms with E-state index in [2.05, 4.69) is 18.7 Å². The minimum absolute atomic E-state index is 0.434. The number of hydrogen-bond acceptors (Lipinski definition) is 2. The summed E-state index contributed by atoms with van der Waals surface area (Å²) in [6.07, 6.45) is 9.41. The van der Waals surface area contributed by atoms with Crippen molar-refractivity contribution in [2.24, 2.45) is 11.7 Å². The molecule has 0 aromatic rings. The Hall–Kier alpha value is -0.0800. The molecule has 2 N–H and O–H groups in total. The normalized spacial score (nSPS) is 42.2. The highest BCUT2D eigenvalue weighted by atomic mass is 15.2. The van der Waals surface area contributed by atoms with Crippen molar-refractivity contribution in [1.29, 1.82) is 0 Å². The summed E-state index contributed by atoms with van der Waals surface area (Å²) in [5, 5.41) is 0. The van der Waals surface area contributed by atoms with Crippen LogP contribution in [0.4, 0.5) is 0 Å². The van der Waals surface area contributed by atoms with Crippen molar-refractivity contribution in [3.63, 3.8) is 0 Å². The van der Waals surface area contributed by atoms with E-state index in [9.17, 15) is 0 Å². The van der Waals surface area contributed by atoms with Crippen LogP contribution < -0.4 is 5.73 Å². The SMILES string of the molecule is CCC1CCCCN1C1CC(C)CCC1N. The van der Waals surface area contributed by atoms with Gasteiger partial charge in [-0.3, -0.25) is 4.90 Å². The second kappa shape index (κ2) is 5.50. The summed E-state index contributed by atoms with van der Waals surface area (Å²) in [6.45, 7) is 6.02. The fraction of sp³-hybridized carbons (Fsp3) is 1.00. The molecule has 4 atom stereocenters. The molecule has 1 saturated heterocycles. The van der Waals surface area contributed by atoms with Crippen molar-refractivity contribution in [2.75, 3.05) is 6.54 Å². The van der Waals surface area contributed by atoms with Gasteiger partial charge in [-0.2, -0.15) is 0 Å². The Balaban J connectivity index is 2.02. The number of likely N-dealkylation sites (tertiary alicyclic amines) is 1. The predicted molar refractivity (Wildman–Crippen MR) is 69.4 cm³/mol. The number of piperidine rings is 1. The molecule has 94 valence electrons. The third kappa shape index (κ3) is 2.60. The Labute approximate surface area is 101 Å². The van der Waals surface area contributed by atoms with Crippen molar-refractivity contribution in [2.45, 2.75) is 76.9 Å². The molecule has 2 fully saturated rings. The molecular weight excluding hydrogens is 196 g/mol. The van der Waals surface area contributed by atoms with Crippen molar-refractivity contribution in [3.05, 3.63) is 0 Å². The fourth-order valence-electron chi connectivity index (χ4n) is 3.65. The summed E-state index contributed by atoms with van der Waals surface area (Å²) >= 11 is 0. The van der Waals surface area contributed by atoms with E-state index in [4.69, 9.17) is 5.73 Å². The van der Waals surface area contributed by atoms with Gasteiger partial charge in [0.05, 0.1) is 0 Å². The van der Waals surface area contributed by atoms with Crippen LogP contribution in [0.5, 0.6) is 0 Å². The van der Waals surface area contributed by atoms with E-state index < -0.39 is 0 Å². The van der Waals surface area contributed by atoms with Gasteiger partial charge < -0.3 is 5.73 Å². The van der Waals surface area contributed by atoms with E-state index >= 15 is 0 Å². The summed E-state index contributed by atoms with van der Waals surface area (Å²) in [7, 11) is 0. The highest BCUT2D eigenvalue weighted by Crippen LogP contribution is 2.31. The quantitative estimate of drug-likeness (QED) is 0.781. The van der Waals surface area contributed by atoms with Crippen LogP contribution in [0.25, 0.3) is 0 Å². The number of rotatable bonds is 2. The molecule has 0 radical (unpaired) electrons. The van der Waals surface area contributed by atoms with Crippen LogP contribution in [-0.2, 0) is 0 Å². The minimum Gasteiger partial charge on any atom is -0.326 e. The zero-order valence-corrected chi connectivity index (χ0v) is 11.0. The molecular formula is C14H28N2. The van der Waals surface area contributed by atoms with Gasteiger partial charge in [-0.15, -0.1) is 0 Å². The van der Waals surface area contributed by atoms with Crippen LogP contribution in [0.3, 0.4) is 0 Å². The molecule has 1 aliphatic carbocycles. The van der Waals surface area contributed by atoms with Gasteiger partial charge in [-0.1, -0.05) is 20.3 Å². The van der Waals surface area contributed by atoms with Gasteiger partial charge in [-0.25, -0.2) is 0 Å². The maximum Gasteiger partial charge on any atom is 0.0252 e. The topological polar surface area (TPSA) is 29.3 Å². The molecule has 1 heterocycles. The van der Waals surface area contributed by atoms with E-state index in [0.717, 1.165) is 12.0 Å². The standard InChI is InChI=1S/C14H28N2/c1-3-12-6-4-5-9-16(12)14-10-11(2)7-8-13(14)15/h11-14H,3-10,15H2,1-2H3. The lowest BCUT2D eigenvalue weighted by molar-refractivity contribution is 0.0472. The predicted octanol–water partition coefficient (Wildman–Crippen LogP) is 2.77. The first-order valence-corrected chi connectivity index (χ1v) is 7.23. The Kier molecular flexibility index (Phi) is 4.26. The van der Waals surface area contributed by atoms with Gasteiger partial charge >= 0.3 is 0 Å². The van der Waals surface area contributed by atoms with Gasteiger partial charge in [0.2, 0.25) is 0 Å². The third-order valence-electron chi connectivity index (χ3n) is 4.70. The lowest BCUT2D eigenvalue weighted by Gasteiger charge is -2.46. The average Bonchev–Trinajstić information content (AvgIpc) is 2.32. The fourth-order valence-corrected chi connectivity index (χ4v) is 3.65. The van der Waals surface area contributed by atoms with E-state index in [1.807, 2.05) is 0 Å². The van der Waals surface area contributed by atoms with Crippen LogP contribution in [0.1, 0.15) is 58.8 Å². The zero-order chi connectivity index (χ0) is 11.5. The average molecular weight is 224 g/mol. The highest BCUT2D eigenvalue weighted by molar-refractivity contribution is 4.92. The first-order chi connectivity index (χ1) is 7.72. The van der Waals surface area contributed by atoms with E-state index in [1.54, 1.807) is 0 Å². The summed E-state index contributed by atoms with van der Waals surface area (Å²) in [5.41, 5.74) is 6.35. The summed E-state index contributed by atoms with van der Waals surface area (Å²) < 4.78 is 0. The molecule has 0 spiro atoms. The second-order valence-corrected chi connectivity index (χ2v) is 5.95. The zero-order valence-electron chi connectivity index (χ0n) is 11.0. The molecule has 2 aliphatic rings. The van der Waals surface area contributed by atoms with Gasteiger partial charge in [0.25, 0.3) is 0 Å². The monoisotopic (exact) mass is 224 g/mol. The summed E-state index contributed by atoms with van der Waals surface area (Å²) in [4.78, 5) is 2.75. The van der Waals surface area contributed by atoms with Crippen LogP contribution in [0.15, 0.2) is 0 Å². The van der Waals surface area contributed by atoms with E-state index in [-0.39, 0.29) is 0 Å². The number of nitrogens with two attached hydrogens (primary N) is 1. The largest absolute Gasteiger partial charge is 0.326 e. The Morgan fingerprint density at radius 1 is 1.19 bits per heavy atom. The Morgan fingerprint density at radius 3 is 2.75 bits per heavy atom. The maximum absolute atomic E-state index is 6.35. The molecule has 0 aromatic heterocycles. The summed E-state index contributed by atoms with van der Waals surface area (Å²) in [6, 6.07) is 1.92. The molecule has 16 heavy (non-hydrogen) atoms. The summed E-state index contributed by atoms with van der Waals surface area (Å²) in [5.74, 6) is 0.879. The van der Waals surface area contributed by atoms with Crippen LogP contribution in [0.2, 0.25) is 0 Å². The molecule has 0 amide bonds. The highest BCUT2D eigenvalue weighted by Gasteiger charge is 2.34. The van der Waals surface area contributed by atoms with Crippen LogP contribution in [0, 0.1) is 5.92 Å². The van der Waals surface area contributed by atoms with Gasteiger partial charge in [0.15, 0.2) is 0 Å². The first kappa shape index (κ1) is 12.4. The van der Waals surface area contributed by atoms with Gasteiger partial charge in [-0.05, 0) is 51.0 Å².